The van der Waals surface area contributed by atoms with Gasteiger partial charge in [-0.1, -0.05) is 18.2 Å². The molecule has 1 amide bonds. The summed E-state index contributed by atoms with van der Waals surface area (Å²) in [5, 5.41) is 6.73. The van der Waals surface area contributed by atoms with Crippen molar-refractivity contribution in [2.24, 2.45) is 0 Å². The fourth-order valence-corrected chi connectivity index (χ4v) is 2.83. The van der Waals surface area contributed by atoms with Crippen LogP contribution in [0.1, 0.15) is 21.9 Å². The molecule has 2 aromatic heterocycles. The Morgan fingerprint density at radius 2 is 1.90 bits per heavy atom. The minimum absolute atomic E-state index is 0.0139. The summed E-state index contributed by atoms with van der Waals surface area (Å²) >= 11 is 0. The first kappa shape index (κ1) is 20.3. The Hall–Kier alpha value is -4.01. The van der Waals surface area contributed by atoms with Crippen molar-refractivity contribution in [3.63, 3.8) is 0 Å². The summed E-state index contributed by atoms with van der Waals surface area (Å²) in [6, 6.07) is 12.3. The molecule has 0 aliphatic heterocycles. The van der Waals surface area contributed by atoms with E-state index in [1.165, 1.54) is 35.1 Å². The molecule has 0 bridgehead atoms. The molecule has 0 atom stereocenters. The lowest BCUT2D eigenvalue weighted by Gasteiger charge is -2.05. The van der Waals surface area contributed by atoms with E-state index in [2.05, 4.69) is 10.4 Å². The van der Waals surface area contributed by atoms with Crippen molar-refractivity contribution in [2.75, 3.05) is 5.32 Å². The number of hydrogen-bond acceptors (Lipinski definition) is 4. The van der Waals surface area contributed by atoms with Gasteiger partial charge in [0.1, 0.15) is 24.0 Å². The number of anilines is 1. The van der Waals surface area contributed by atoms with Crippen molar-refractivity contribution in [1.82, 2.24) is 9.78 Å². The van der Waals surface area contributed by atoms with E-state index in [-0.39, 0.29) is 36.2 Å². The molecule has 0 radical (unpaired) electrons. The first-order chi connectivity index (χ1) is 15.0. The number of hydrogen-bond donors (Lipinski definition) is 1. The van der Waals surface area contributed by atoms with Gasteiger partial charge in [-0.2, -0.15) is 5.10 Å². The fourth-order valence-electron chi connectivity index (χ4n) is 2.83. The van der Waals surface area contributed by atoms with Gasteiger partial charge in [0, 0.05) is 17.8 Å². The molecule has 9 heteroatoms. The maximum absolute atomic E-state index is 13.8. The Balaban J connectivity index is 1.35. The molecule has 0 aliphatic rings. The summed E-state index contributed by atoms with van der Waals surface area (Å²) in [5.74, 6) is -2.25. The number of halogens is 3. The third-order valence-corrected chi connectivity index (χ3v) is 4.33. The number of carbonyl (C=O) groups excluding carboxylic acids is 1. The van der Waals surface area contributed by atoms with Gasteiger partial charge < -0.3 is 14.5 Å². The van der Waals surface area contributed by atoms with Crippen LogP contribution in [0.15, 0.2) is 71.4 Å². The third kappa shape index (κ3) is 4.95. The highest BCUT2D eigenvalue weighted by molar-refractivity contribution is 6.02. The number of amides is 1. The monoisotopic (exact) mass is 427 g/mol. The van der Waals surface area contributed by atoms with Crippen molar-refractivity contribution in [2.45, 2.75) is 13.2 Å². The molecule has 2 aromatic carbocycles. The summed E-state index contributed by atoms with van der Waals surface area (Å²) in [5.41, 5.74) is 0.876. The highest BCUT2D eigenvalue weighted by atomic mass is 19.1. The zero-order valence-electron chi connectivity index (χ0n) is 16.0. The first-order valence-corrected chi connectivity index (χ1v) is 9.22. The maximum atomic E-state index is 13.8. The summed E-state index contributed by atoms with van der Waals surface area (Å²) in [4.78, 5) is 12.4. The average molecular weight is 427 g/mol. The Kier molecular flexibility index (Phi) is 5.74. The van der Waals surface area contributed by atoms with Crippen LogP contribution in [-0.4, -0.2) is 15.7 Å². The molecule has 1 N–H and O–H groups in total. The van der Waals surface area contributed by atoms with Crippen molar-refractivity contribution in [3.05, 3.63) is 102 Å². The van der Waals surface area contributed by atoms with Gasteiger partial charge in [0.15, 0.2) is 17.3 Å². The van der Waals surface area contributed by atoms with Crippen LogP contribution < -0.4 is 10.1 Å². The lowest BCUT2D eigenvalue weighted by atomic mass is 10.2. The summed E-state index contributed by atoms with van der Waals surface area (Å²) in [6.45, 7) is 0.0706. The number of nitrogens with one attached hydrogen (secondary N) is 1. The third-order valence-electron chi connectivity index (χ3n) is 4.33. The summed E-state index contributed by atoms with van der Waals surface area (Å²) in [6.07, 6.45) is 3.00. The zero-order valence-corrected chi connectivity index (χ0v) is 16.0. The molecule has 4 aromatic rings. The van der Waals surface area contributed by atoms with Crippen molar-refractivity contribution in [1.29, 1.82) is 0 Å². The number of rotatable bonds is 7. The molecule has 31 heavy (non-hydrogen) atoms. The van der Waals surface area contributed by atoms with Gasteiger partial charge in [-0.05, 0) is 30.3 Å². The largest absolute Gasteiger partial charge is 0.483 e. The zero-order chi connectivity index (χ0) is 21.8. The minimum Gasteiger partial charge on any atom is -0.483 e. The van der Waals surface area contributed by atoms with Crippen molar-refractivity contribution < 1.29 is 27.1 Å². The molecule has 4 rings (SSSR count). The smallest absolute Gasteiger partial charge is 0.291 e. The van der Waals surface area contributed by atoms with E-state index in [0.717, 1.165) is 6.07 Å². The van der Waals surface area contributed by atoms with E-state index in [0.29, 0.717) is 17.3 Å². The van der Waals surface area contributed by atoms with Gasteiger partial charge in [0.25, 0.3) is 5.91 Å². The topological polar surface area (TPSA) is 69.3 Å². The second kappa shape index (κ2) is 8.78. The second-order valence-corrected chi connectivity index (χ2v) is 6.60. The number of aromatic nitrogens is 2. The molecule has 0 saturated heterocycles. The van der Waals surface area contributed by atoms with E-state index in [9.17, 15) is 18.0 Å². The van der Waals surface area contributed by atoms with Gasteiger partial charge in [-0.25, -0.2) is 13.2 Å². The number of nitrogens with zero attached hydrogens (tertiary/aromatic N) is 2. The number of carbonyl (C=O) groups is 1. The first-order valence-electron chi connectivity index (χ1n) is 9.22. The van der Waals surface area contributed by atoms with Gasteiger partial charge in [-0.15, -0.1) is 0 Å². The van der Waals surface area contributed by atoms with Gasteiger partial charge in [0.2, 0.25) is 0 Å². The SMILES string of the molecule is O=C(Nc1cnn(Cc2ccccc2F)c1)c1ccc(COc2ccc(F)cc2F)o1. The van der Waals surface area contributed by atoms with Crippen LogP contribution in [0.4, 0.5) is 18.9 Å². The molecule has 0 aliphatic carbocycles. The predicted molar refractivity (Wildman–Crippen MR) is 105 cm³/mol. The van der Waals surface area contributed by atoms with Crippen LogP contribution in [0.25, 0.3) is 0 Å². The van der Waals surface area contributed by atoms with Crippen molar-refractivity contribution in [3.8, 4) is 5.75 Å². The van der Waals surface area contributed by atoms with Gasteiger partial charge in [-0.3, -0.25) is 9.48 Å². The molecular formula is C22H16F3N3O3. The van der Waals surface area contributed by atoms with Crippen LogP contribution in [-0.2, 0) is 13.2 Å². The average Bonchev–Trinajstić information content (AvgIpc) is 3.39. The Bertz CT molecular complexity index is 1220. The summed E-state index contributed by atoms with van der Waals surface area (Å²) in [7, 11) is 0. The number of ether oxygens (including phenoxy) is 1. The van der Waals surface area contributed by atoms with Crippen LogP contribution in [0.3, 0.4) is 0 Å². The van der Waals surface area contributed by atoms with Crippen LogP contribution >= 0.6 is 0 Å². The molecule has 0 spiro atoms. The Morgan fingerprint density at radius 1 is 1.06 bits per heavy atom. The summed E-state index contributed by atoms with van der Waals surface area (Å²) < 4.78 is 52.4. The maximum Gasteiger partial charge on any atom is 0.291 e. The highest BCUT2D eigenvalue weighted by Gasteiger charge is 2.14. The predicted octanol–water partition coefficient (Wildman–Crippen LogP) is 4.77. The molecule has 158 valence electrons. The van der Waals surface area contributed by atoms with E-state index < -0.39 is 17.5 Å². The normalized spacial score (nSPS) is 10.8. The van der Waals surface area contributed by atoms with Crippen LogP contribution in [0.2, 0.25) is 0 Å². The number of furan rings is 1. The van der Waals surface area contributed by atoms with E-state index in [1.807, 2.05) is 0 Å². The van der Waals surface area contributed by atoms with Crippen LogP contribution in [0, 0.1) is 17.5 Å². The Labute approximate surface area is 174 Å². The standard InChI is InChI=1S/C22H16F3N3O3/c23-15-5-7-20(19(25)9-15)30-13-17-6-8-21(31-17)22(29)27-16-10-26-28(12-16)11-14-3-1-2-4-18(14)24/h1-10,12H,11,13H2,(H,27,29). The quantitative estimate of drug-likeness (QED) is 0.461. The second-order valence-electron chi connectivity index (χ2n) is 6.60. The van der Waals surface area contributed by atoms with E-state index in [1.54, 1.807) is 24.4 Å². The van der Waals surface area contributed by atoms with E-state index in [4.69, 9.17) is 9.15 Å². The molecule has 0 fully saturated rings. The van der Waals surface area contributed by atoms with Crippen LogP contribution in [0.5, 0.6) is 5.75 Å². The Morgan fingerprint density at radius 3 is 2.71 bits per heavy atom. The van der Waals surface area contributed by atoms with Gasteiger partial charge >= 0.3 is 0 Å². The molecule has 6 nitrogen and oxygen atoms in total. The lowest BCUT2D eigenvalue weighted by Crippen LogP contribution is -2.10. The van der Waals surface area contributed by atoms with Gasteiger partial charge in [0.05, 0.1) is 18.4 Å². The molecule has 0 unspecified atom stereocenters. The molecular weight excluding hydrogens is 411 g/mol. The fraction of sp³-hybridized carbons (Fsp3) is 0.0909. The highest BCUT2D eigenvalue weighted by Crippen LogP contribution is 2.20. The molecule has 2 heterocycles. The van der Waals surface area contributed by atoms with Crippen molar-refractivity contribution >= 4 is 11.6 Å². The van der Waals surface area contributed by atoms with E-state index >= 15 is 0 Å². The lowest BCUT2D eigenvalue weighted by molar-refractivity contribution is 0.0992. The minimum atomic E-state index is -0.836. The number of benzene rings is 2. The molecule has 0 saturated carbocycles.